The number of aromatic nitrogens is 1. The first kappa shape index (κ1) is 33.9. The number of aryl methyl sites for hydroxylation is 2. The first-order valence-corrected chi connectivity index (χ1v) is 19.3. The smallest absolute Gasteiger partial charge is 0.0547 e. The number of para-hydroxylation sites is 1. The molecule has 0 saturated carbocycles. The van der Waals surface area contributed by atoms with Gasteiger partial charge in [0.25, 0.3) is 0 Å². The van der Waals surface area contributed by atoms with E-state index in [0.717, 1.165) is 24.1 Å². The Hall–Kier alpha value is -5.86. The lowest BCUT2D eigenvalue weighted by atomic mass is 9.83. The average Bonchev–Trinajstić information content (AvgIpc) is 3.49. The molecule has 0 unspecified atom stereocenters. The van der Waals surface area contributed by atoms with Crippen molar-refractivity contribution in [1.29, 1.82) is 0 Å². The van der Waals surface area contributed by atoms with E-state index < -0.39 is 0 Å². The fraction of sp³-hybridized carbons (Fsp3) is 0.192. The van der Waals surface area contributed by atoms with Crippen LogP contribution in [0.3, 0.4) is 0 Å². The highest BCUT2D eigenvalue weighted by atomic mass is 15.0. The molecule has 8 aromatic rings. The summed E-state index contributed by atoms with van der Waals surface area (Å²) < 4.78 is 2.44. The number of nitrogens with two attached hydrogens (primary N) is 1. The Morgan fingerprint density at radius 1 is 0.426 bits per heavy atom. The minimum atomic E-state index is 0.124. The Morgan fingerprint density at radius 3 is 1.59 bits per heavy atom. The highest BCUT2D eigenvalue weighted by Crippen LogP contribution is 2.43. The quantitative estimate of drug-likeness (QED) is 0.182. The molecule has 266 valence electrons. The van der Waals surface area contributed by atoms with Crippen molar-refractivity contribution in [3.05, 3.63) is 168 Å². The molecule has 1 aromatic heterocycles. The van der Waals surface area contributed by atoms with Crippen molar-refractivity contribution in [2.45, 2.75) is 65.2 Å². The highest BCUT2D eigenvalue weighted by molar-refractivity contribution is 6.12. The van der Waals surface area contributed by atoms with E-state index in [1.165, 1.54) is 88.7 Å². The van der Waals surface area contributed by atoms with Gasteiger partial charge in [-0.3, -0.25) is 0 Å². The molecular weight excluding hydrogens is 653 g/mol. The SMILES string of the molecule is CC(C)(C)c1ccc(-c2ccc(N)c(-c3ccc4c(c3)CCc3cc5c6cc(-c7ccc(C(C)(C)C)cc7)ccc6n(-c6ccccc6)c5cc3-4)c2)cc1. The van der Waals surface area contributed by atoms with E-state index in [1.807, 2.05) is 0 Å². The van der Waals surface area contributed by atoms with Crippen molar-refractivity contribution in [3.8, 4) is 50.2 Å². The van der Waals surface area contributed by atoms with Crippen LogP contribution in [-0.4, -0.2) is 4.57 Å². The average molecular weight is 701 g/mol. The van der Waals surface area contributed by atoms with Crippen LogP contribution < -0.4 is 5.73 Å². The molecule has 54 heavy (non-hydrogen) atoms. The molecule has 1 aliphatic rings. The van der Waals surface area contributed by atoms with E-state index in [9.17, 15) is 0 Å². The van der Waals surface area contributed by atoms with Gasteiger partial charge in [-0.05, 0) is 133 Å². The van der Waals surface area contributed by atoms with Gasteiger partial charge in [-0.15, -0.1) is 0 Å². The summed E-state index contributed by atoms with van der Waals surface area (Å²) in [4.78, 5) is 0. The molecule has 0 aliphatic heterocycles. The Bertz CT molecular complexity index is 2700. The van der Waals surface area contributed by atoms with E-state index in [2.05, 4.69) is 192 Å². The van der Waals surface area contributed by atoms with Gasteiger partial charge in [-0.25, -0.2) is 0 Å². The molecule has 7 aromatic carbocycles. The van der Waals surface area contributed by atoms with Gasteiger partial charge in [-0.2, -0.15) is 0 Å². The van der Waals surface area contributed by atoms with Crippen molar-refractivity contribution in [2.24, 2.45) is 0 Å². The lowest BCUT2D eigenvalue weighted by molar-refractivity contribution is 0.590. The lowest BCUT2D eigenvalue weighted by Crippen LogP contribution is -2.10. The summed E-state index contributed by atoms with van der Waals surface area (Å²) in [5, 5.41) is 2.60. The predicted molar refractivity (Wildman–Crippen MR) is 232 cm³/mol. The predicted octanol–water partition coefficient (Wildman–Crippen LogP) is 13.7. The standard InChI is InChI=1S/C52H48N2/c1-51(2,3)40-21-14-33(15-22-40)35-19-26-48(53)45(29-35)38-18-25-43-37(28-38)12-13-39-31-47-46-30-36(34-16-23-41(24-17-34)52(4,5)6)20-27-49(46)54(50(47)32-44(39)43)42-10-8-7-9-11-42/h7-11,14-32H,12-13,53H2,1-6H3. The first-order valence-electron chi connectivity index (χ1n) is 19.3. The molecule has 0 saturated heterocycles. The summed E-state index contributed by atoms with van der Waals surface area (Å²) in [5.74, 6) is 0. The summed E-state index contributed by atoms with van der Waals surface area (Å²) in [6.45, 7) is 13.6. The molecule has 2 N–H and O–H groups in total. The molecule has 1 heterocycles. The Balaban J connectivity index is 1.14. The number of benzene rings is 7. The Labute approximate surface area is 319 Å². The number of fused-ring (bicyclic) bond motifs is 6. The number of anilines is 1. The Morgan fingerprint density at radius 2 is 0.963 bits per heavy atom. The molecule has 0 atom stereocenters. The van der Waals surface area contributed by atoms with Gasteiger partial charge >= 0.3 is 0 Å². The molecule has 2 nitrogen and oxygen atoms in total. The maximum atomic E-state index is 6.67. The maximum absolute atomic E-state index is 6.67. The summed E-state index contributed by atoms with van der Waals surface area (Å²) in [6.07, 6.45) is 2.00. The van der Waals surface area contributed by atoms with E-state index >= 15 is 0 Å². The summed E-state index contributed by atoms with van der Waals surface area (Å²) >= 11 is 0. The third kappa shape index (κ3) is 5.91. The number of rotatable bonds is 4. The van der Waals surface area contributed by atoms with Crippen molar-refractivity contribution in [2.75, 3.05) is 5.73 Å². The molecule has 0 radical (unpaired) electrons. The van der Waals surface area contributed by atoms with Crippen LogP contribution in [0.25, 0.3) is 72.0 Å². The van der Waals surface area contributed by atoms with Crippen molar-refractivity contribution in [3.63, 3.8) is 0 Å². The fourth-order valence-corrected chi connectivity index (χ4v) is 8.41. The summed E-state index contributed by atoms with van der Waals surface area (Å²) in [7, 11) is 0. The van der Waals surface area contributed by atoms with Crippen LogP contribution in [-0.2, 0) is 23.7 Å². The third-order valence-corrected chi connectivity index (χ3v) is 11.6. The number of nitrogens with zero attached hydrogens (tertiary/aromatic N) is 1. The van der Waals surface area contributed by atoms with Gasteiger partial charge in [0.2, 0.25) is 0 Å². The topological polar surface area (TPSA) is 30.9 Å². The molecule has 0 fully saturated rings. The van der Waals surface area contributed by atoms with Crippen LogP contribution in [0, 0.1) is 0 Å². The molecule has 9 rings (SSSR count). The maximum Gasteiger partial charge on any atom is 0.0547 e. The normalized spacial score (nSPS) is 12.9. The lowest BCUT2D eigenvalue weighted by Gasteiger charge is -2.22. The minimum absolute atomic E-state index is 0.124. The minimum Gasteiger partial charge on any atom is -0.398 e. The second-order valence-corrected chi connectivity index (χ2v) is 17.3. The van der Waals surface area contributed by atoms with E-state index in [4.69, 9.17) is 5.73 Å². The van der Waals surface area contributed by atoms with Gasteiger partial charge in [0.05, 0.1) is 11.0 Å². The van der Waals surface area contributed by atoms with Gasteiger partial charge in [0.1, 0.15) is 0 Å². The number of hydrogen-bond acceptors (Lipinski definition) is 1. The third-order valence-electron chi connectivity index (χ3n) is 11.6. The zero-order valence-corrected chi connectivity index (χ0v) is 32.3. The van der Waals surface area contributed by atoms with Gasteiger partial charge in [0, 0.05) is 27.7 Å². The second kappa shape index (κ2) is 12.6. The zero-order valence-electron chi connectivity index (χ0n) is 32.3. The van der Waals surface area contributed by atoms with Crippen LogP contribution in [0.1, 0.15) is 63.8 Å². The molecule has 0 spiro atoms. The highest BCUT2D eigenvalue weighted by Gasteiger charge is 2.22. The van der Waals surface area contributed by atoms with E-state index in [-0.39, 0.29) is 10.8 Å². The van der Waals surface area contributed by atoms with Gasteiger partial charge in [0.15, 0.2) is 0 Å². The van der Waals surface area contributed by atoms with Gasteiger partial charge in [-0.1, -0.05) is 139 Å². The molecule has 1 aliphatic carbocycles. The fourth-order valence-electron chi connectivity index (χ4n) is 8.41. The number of hydrogen-bond donors (Lipinski definition) is 1. The van der Waals surface area contributed by atoms with E-state index in [1.54, 1.807) is 0 Å². The van der Waals surface area contributed by atoms with Crippen molar-refractivity contribution >= 4 is 27.5 Å². The molecule has 0 bridgehead atoms. The summed E-state index contributed by atoms with van der Waals surface area (Å²) in [6, 6.07) is 54.2. The first-order chi connectivity index (χ1) is 25.9. The van der Waals surface area contributed by atoms with Gasteiger partial charge < -0.3 is 10.3 Å². The van der Waals surface area contributed by atoms with Crippen molar-refractivity contribution in [1.82, 2.24) is 4.57 Å². The van der Waals surface area contributed by atoms with E-state index in [0.29, 0.717) is 0 Å². The molecule has 2 heteroatoms. The van der Waals surface area contributed by atoms with Crippen LogP contribution in [0.4, 0.5) is 5.69 Å². The van der Waals surface area contributed by atoms with Crippen LogP contribution in [0.5, 0.6) is 0 Å². The monoisotopic (exact) mass is 700 g/mol. The summed E-state index contributed by atoms with van der Waals surface area (Å²) in [5.41, 5.74) is 26.6. The van der Waals surface area contributed by atoms with Crippen LogP contribution in [0.2, 0.25) is 0 Å². The van der Waals surface area contributed by atoms with Crippen LogP contribution >= 0.6 is 0 Å². The Kier molecular flexibility index (Phi) is 7.94. The zero-order chi connectivity index (χ0) is 37.4. The second-order valence-electron chi connectivity index (χ2n) is 17.3. The molecular formula is C52H48N2. The largest absolute Gasteiger partial charge is 0.398 e. The molecule has 0 amide bonds. The van der Waals surface area contributed by atoms with Crippen LogP contribution in [0.15, 0.2) is 146 Å². The van der Waals surface area contributed by atoms with Crippen molar-refractivity contribution < 1.29 is 0 Å². The number of nitrogen functional groups attached to an aromatic ring is 1.